The quantitative estimate of drug-likeness (QED) is 0.0320. The van der Waals surface area contributed by atoms with E-state index in [-0.39, 0.29) is 18.5 Å². The first-order valence-corrected chi connectivity index (χ1v) is 35.9. The minimum absolute atomic E-state index is 0.000425. The lowest BCUT2D eigenvalue weighted by atomic mass is 10.0. The van der Waals surface area contributed by atoms with Crippen molar-refractivity contribution >= 4 is 11.9 Å². The average Bonchev–Trinajstić information content (AvgIpc) is 3.46. The standard InChI is InChI=1S/C74H139NO5/c1-3-5-7-9-11-13-15-17-19-39-42-46-50-54-58-62-66-72(77)71(70-76)75-73(78)67-63-59-55-51-47-43-40-37-35-33-31-29-27-25-23-21-20-22-24-26-28-30-32-34-36-38-41-45-49-53-57-61-65-69-80-74(79)68-64-60-56-52-48-44-18-16-14-12-10-8-6-4-2/h10,12,16,18,24,26,30,32,71-72,76-77H,3-9,11,13-15,17,19-23,25,27-29,31,33-70H2,1-2H3,(H,75,78)/b12-10-,18-16-,26-24-,32-30-. The van der Waals surface area contributed by atoms with E-state index in [1.165, 1.54) is 295 Å². The summed E-state index contributed by atoms with van der Waals surface area (Å²) in [6, 6.07) is -0.541. The van der Waals surface area contributed by atoms with Crippen LogP contribution in [0.25, 0.3) is 0 Å². The van der Waals surface area contributed by atoms with Gasteiger partial charge in [0, 0.05) is 12.8 Å². The van der Waals surface area contributed by atoms with Crippen LogP contribution in [0.1, 0.15) is 386 Å². The Hall–Kier alpha value is -2.18. The minimum Gasteiger partial charge on any atom is -0.466 e. The van der Waals surface area contributed by atoms with E-state index in [4.69, 9.17) is 4.74 Å². The molecular formula is C74H139NO5. The lowest BCUT2D eigenvalue weighted by Gasteiger charge is -2.22. The van der Waals surface area contributed by atoms with Gasteiger partial charge in [-0.3, -0.25) is 9.59 Å². The number of rotatable bonds is 67. The number of amides is 1. The van der Waals surface area contributed by atoms with Crippen LogP contribution in [0.5, 0.6) is 0 Å². The molecule has 0 aromatic rings. The van der Waals surface area contributed by atoms with Crippen LogP contribution < -0.4 is 5.32 Å². The number of allylic oxidation sites excluding steroid dienone is 8. The third-order valence-electron chi connectivity index (χ3n) is 16.6. The van der Waals surface area contributed by atoms with Gasteiger partial charge >= 0.3 is 5.97 Å². The van der Waals surface area contributed by atoms with Crippen molar-refractivity contribution in [2.45, 2.75) is 398 Å². The fourth-order valence-corrected chi connectivity index (χ4v) is 11.1. The van der Waals surface area contributed by atoms with Crippen LogP contribution in [-0.4, -0.2) is 47.4 Å². The van der Waals surface area contributed by atoms with Crippen molar-refractivity contribution in [1.82, 2.24) is 5.32 Å². The van der Waals surface area contributed by atoms with Crippen molar-refractivity contribution in [2.24, 2.45) is 0 Å². The Bertz CT molecular complexity index is 1340. The summed E-state index contributed by atoms with van der Waals surface area (Å²) in [5.41, 5.74) is 0. The molecule has 0 radical (unpaired) electrons. The topological polar surface area (TPSA) is 95.9 Å². The average molecular weight is 1120 g/mol. The van der Waals surface area contributed by atoms with E-state index in [0.717, 1.165) is 57.8 Å². The molecule has 0 heterocycles. The van der Waals surface area contributed by atoms with Gasteiger partial charge in [0.15, 0.2) is 0 Å². The van der Waals surface area contributed by atoms with Gasteiger partial charge in [0.05, 0.1) is 25.4 Å². The molecule has 0 saturated carbocycles. The van der Waals surface area contributed by atoms with Crippen molar-refractivity contribution < 1.29 is 24.5 Å². The normalized spacial score (nSPS) is 12.8. The van der Waals surface area contributed by atoms with E-state index in [9.17, 15) is 19.8 Å². The fourth-order valence-electron chi connectivity index (χ4n) is 11.1. The summed E-state index contributed by atoms with van der Waals surface area (Å²) in [5.74, 6) is -0.0309. The Labute approximate surface area is 499 Å². The van der Waals surface area contributed by atoms with Gasteiger partial charge in [0.25, 0.3) is 0 Å². The van der Waals surface area contributed by atoms with E-state index in [2.05, 4.69) is 67.8 Å². The van der Waals surface area contributed by atoms with Crippen molar-refractivity contribution in [1.29, 1.82) is 0 Å². The van der Waals surface area contributed by atoms with Crippen LogP contribution in [0.2, 0.25) is 0 Å². The lowest BCUT2D eigenvalue weighted by Crippen LogP contribution is -2.45. The fraction of sp³-hybridized carbons (Fsp3) is 0.865. The number of hydrogen-bond donors (Lipinski definition) is 3. The third-order valence-corrected chi connectivity index (χ3v) is 16.6. The second-order valence-corrected chi connectivity index (χ2v) is 24.6. The smallest absolute Gasteiger partial charge is 0.305 e. The summed E-state index contributed by atoms with van der Waals surface area (Å²) < 4.78 is 5.48. The van der Waals surface area contributed by atoms with E-state index in [0.29, 0.717) is 25.9 Å². The molecule has 0 aromatic heterocycles. The zero-order valence-electron chi connectivity index (χ0n) is 53.8. The Morgan fingerprint density at radius 3 is 0.988 bits per heavy atom. The summed E-state index contributed by atoms with van der Waals surface area (Å²) in [4.78, 5) is 24.6. The van der Waals surface area contributed by atoms with Gasteiger partial charge in [-0.2, -0.15) is 0 Å². The molecule has 0 spiro atoms. The SMILES string of the molecule is CCCC/C=C\C/C=C\CCCCCCCC(=O)OCCCCCCCCCCC/C=C\C/C=C\CCCCCCCCCCCCCCCCCCCC(=O)NC(CO)C(O)CCCCCCCCCCCCCCCCCC. The maximum atomic E-state index is 12.5. The number of esters is 1. The minimum atomic E-state index is -0.663. The molecule has 0 bridgehead atoms. The van der Waals surface area contributed by atoms with Gasteiger partial charge in [-0.15, -0.1) is 0 Å². The maximum absolute atomic E-state index is 12.5. The Morgan fingerprint density at radius 1 is 0.350 bits per heavy atom. The molecule has 470 valence electrons. The van der Waals surface area contributed by atoms with Gasteiger partial charge < -0.3 is 20.3 Å². The number of unbranched alkanes of at least 4 members (excludes halogenated alkanes) is 48. The monoisotopic (exact) mass is 1120 g/mol. The first-order chi connectivity index (χ1) is 39.5. The summed E-state index contributed by atoms with van der Waals surface area (Å²) in [7, 11) is 0. The second-order valence-electron chi connectivity index (χ2n) is 24.6. The Balaban J connectivity index is 3.38. The highest BCUT2D eigenvalue weighted by Gasteiger charge is 2.20. The number of carbonyl (C=O) groups is 2. The Morgan fingerprint density at radius 2 is 0.637 bits per heavy atom. The van der Waals surface area contributed by atoms with Gasteiger partial charge in [0.1, 0.15) is 0 Å². The molecule has 3 N–H and O–H groups in total. The number of carbonyl (C=O) groups excluding carboxylic acids is 2. The van der Waals surface area contributed by atoms with Crippen LogP contribution >= 0.6 is 0 Å². The van der Waals surface area contributed by atoms with E-state index in [1.54, 1.807) is 0 Å². The zero-order valence-corrected chi connectivity index (χ0v) is 53.8. The highest BCUT2D eigenvalue weighted by atomic mass is 16.5. The number of aliphatic hydroxyl groups is 2. The Kier molecular flexibility index (Phi) is 67.4. The molecule has 6 nitrogen and oxygen atoms in total. The van der Waals surface area contributed by atoms with Gasteiger partial charge in [-0.25, -0.2) is 0 Å². The molecule has 2 atom stereocenters. The molecule has 0 saturated heterocycles. The molecule has 2 unspecified atom stereocenters. The predicted molar refractivity (Wildman–Crippen MR) is 352 cm³/mol. The van der Waals surface area contributed by atoms with Crippen LogP contribution in [0.4, 0.5) is 0 Å². The third kappa shape index (κ3) is 65.0. The van der Waals surface area contributed by atoms with Crippen LogP contribution in [0, 0.1) is 0 Å². The summed E-state index contributed by atoms with van der Waals surface area (Å²) in [6.45, 7) is 4.93. The van der Waals surface area contributed by atoms with Crippen molar-refractivity contribution in [3.8, 4) is 0 Å². The lowest BCUT2D eigenvalue weighted by molar-refractivity contribution is -0.143. The van der Waals surface area contributed by atoms with Gasteiger partial charge in [0.2, 0.25) is 5.91 Å². The highest BCUT2D eigenvalue weighted by molar-refractivity contribution is 5.76. The predicted octanol–water partition coefficient (Wildman–Crippen LogP) is 23.3. The molecule has 0 aliphatic rings. The molecule has 80 heavy (non-hydrogen) atoms. The molecular weight excluding hydrogens is 983 g/mol. The van der Waals surface area contributed by atoms with Crippen molar-refractivity contribution in [3.05, 3.63) is 48.6 Å². The van der Waals surface area contributed by atoms with Crippen molar-refractivity contribution in [2.75, 3.05) is 13.2 Å². The second kappa shape index (κ2) is 69.3. The molecule has 0 aliphatic heterocycles. The summed E-state index contributed by atoms with van der Waals surface area (Å²) >= 11 is 0. The number of hydrogen-bond acceptors (Lipinski definition) is 5. The largest absolute Gasteiger partial charge is 0.466 e. The maximum Gasteiger partial charge on any atom is 0.305 e. The summed E-state index contributed by atoms with van der Waals surface area (Å²) in [5, 5.41) is 23.4. The molecule has 0 aromatic carbocycles. The summed E-state index contributed by atoms with van der Waals surface area (Å²) in [6.07, 6.45) is 90.2. The number of nitrogens with one attached hydrogen (secondary N) is 1. The first kappa shape index (κ1) is 77.8. The van der Waals surface area contributed by atoms with Gasteiger partial charge in [-0.1, -0.05) is 339 Å². The van der Waals surface area contributed by atoms with Gasteiger partial charge in [-0.05, 0) is 83.5 Å². The van der Waals surface area contributed by atoms with E-state index < -0.39 is 12.1 Å². The number of aliphatic hydroxyl groups excluding tert-OH is 2. The molecule has 1 amide bonds. The zero-order chi connectivity index (χ0) is 57.8. The van der Waals surface area contributed by atoms with Crippen LogP contribution in [0.3, 0.4) is 0 Å². The highest BCUT2D eigenvalue weighted by Crippen LogP contribution is 2.18. The molecule has 0 rings (SSSR count). The molecule has 6 heteroatoms. The first-order valence-electron chi connectivity index (χ1n) is 35.9. The van der Waals surface area contributed by atoms with Crippen LogP contribution in [-0.2, 0) is 14.3 Å². The molecule has 0 fully saturated rings. The van der Waals surface area contributed by atoms with E-state index >= 15 is 0 Å². The van der Waals surface area contributed by atoms with E-state index in [1.807, 2.05) is 0 Å². The number of ether oxygens (including phenoxy) is 1. The molecule has 0 aliphatic carbocycles. The van der Waals surface area contributed by atoms with Crippen LogP contribution in [0.15, 0.2) is 48.6 Å². The van der Waals surface area contributed by atoms with Crippen molar-refractivity contribution in [3.63, 3.8) is 0 Å².